The van der Waals surface area contributed by atoms with Gasteiger partial charge in [-0.05, 0) is 23.6 Å². The molecule has 3 N–H and O–H groups in total. The Morgan fingerprint density at radius 3 is 2.96 bits per heavy atom. The maximum atomic E-state index is 12.3. The first-order chi connectivity index (χ1) is 12.7. The Kier molecular flexibility index (Phi) is 4.77. The molecule has 1 aromatic carbocycles. The van der Waals surface area contributed by atoms with E-state index in [1.807, 2.05) is 6.07 Å². The summed E-state index contributed by atoms with van der Waals surface area (Å²) < 4.78 is 10.5. The van der Waals surface area contributed by atoms with Gasteiger partial charge in [0.2, 0.25) is 6.79 Å². The first-order valence-corrected chi connectivity index (χ1v) is 9.45. The number of benzene rings is 1. The number of carbonyl (C=O) groups excluding carboxylic acids is 2. The zero-order valence-corrected chi connectivity index (χ0v) is 14.9. The number of nitrogens with one attached hydrogen (secondary N) is 3. The third-order valence-electron chi connectivity index (χ3n) is 4.64. The van der Waals surface area contributed by atoms with E-state index in [2.05, 4.69) is 22.1 Å². The van der Waals surface area contributed by atoms with E-state index < -0.39 is 6.03 Å². The van der Waals surface area contributed by atoms with E-state index >= 15 is 0 Å². The number of fused-ring (bicyclic) bond motifs is 1. The minimum atomic E-state index is -0.542. The third kappa shape index (κ3) is 3.66. The summed E-state index contributed by atoms with van der Waals surface area (Å²) in [6, 6.07) is 9.05. The Morgan fingerprint density at radius 2 is 2.12 bits per heavy atom. The minimum absolute atomic E-state index is 0.174. The van der Waals surface area contributed by atoms with E-state index in [1.54, 1.807) is 29.5 Å². The summed E-state index contributed by atoms with van der Waals surface area (Å²) in [5.74, 6) is 0.945. The molecule has 0 saturated carbocycles. The maximum absolute atomic E-state index is 12.3. The molecular formula is C18H20N3O4S+. The Bertz CT molecular complexity index is 809. The third-order valence-corrected chi connectivity index (χ3v) is 5.63. The van der Waals surface area contributed by atoms with Crippen LogP contribution in [0, 0.1) is 0 Å². The van der Waals surface area contributed by atoms with Gasteiger partial charge in [-0.2, -0.15) is 0 Å². The van der Waals surface area contributed by atoms with Crippen molar-refractivity contribution in [3.05, 3.63) is 40.6 Å². The van der Waals surface area contributed by atoms with Gasteiger partial charge in [-0.1, -0.05) is 6.07 Å². The fraction of sp³-hybridized carbons (Fsp3) is 0.333. The van der Waals surface area contributed by atoms with Crippen LogP contribution in [0.3, 0.4) is 0 Å². The number of hydrogen-bond acceptors (Lipinski definition) is 5. The topological polar surface area (TPSA) is 81.1 Å². The van der Waals surface area contributed by atoms with E-state index in [0.717, 1.165) is 19.4 Å². The molecule has 2 atom stereocenters. The lowest BCUT2D eigenvalue weighted by Gasteiger charge is -2.19. The average molecular weight is 374 g/mol. The molecule has 0 spiro atoms. The van der Waals surface area contributed by atoms with Crippen LogP contribution in [-0.4, -0.2) is 31.8 Å². The second-order valence-corrected chi connectivity index (χ2v) is 7.34. The average Bonchev–Trinajstić information content (AvgIpc) is 3.35. The summed E-state index contributed by atoms with van der Waals surface area (Å²) in [7, 11) is 0. The molecule has 1 unspecified atom stereocenters. The number of likely N-dealkylation sites (tertiary alicyclic amines) is 1. The van der Waals surface area contributed by atoms with Crippen LogP contribution in [-0.2, 0) is 4.79 Å². The number of rotatable bonds is 4. The lowest BCUT2D eigenvalue weighted by molar-refractivity contribution is -0.910. The van der Waals surface area contributed by atoms with Crippen LogP contribution in [0.2, 0.25) is 0 Å². The molecule has 2 aliphatic rings. The van der Waals surface area contributed by atoms with Crippen molar-refractivity contribution in [3.8, 4) is 11.5 Å². The van der Waals surface area contributed by atoms with E-state index in [-0.39, 0.29) is 19.2 Å². The Hall–Kier alpha value is -2.58. The molecule has 7 nitrogen and oxygen atoms in total. The Morgan fingerprint density at radius 1 is 1.23 bits per heavy atom. The standard InChI is InChI=1S/C18H19N3O4S/c22-17(10-21-7-1-3-13(21)16-4-2-8-26-16)20-18(23)19-12-5-6-14-15(9-12)25-11-24-14/h2,4-6,8-9,13H,1,3,7,10-11H2,(H2,19,20,22,23)/p+1/t13-/m1/s1. The van der Waals surface area contributed by atoms with Crippen LogP contribution in [0.1, 0.15) is 23.8 Å². The summed E-state index contributed by atoms with van der Waals surface area (Å²) in [5.41, 5.74) is 0.546. The van der Waals surface area contributed by atoms with Gasteiger partial charge in [0.15, 0.2) is 18.0 Å². The molecule has 2 aliphatic heterocycles. The summed E-state index contributed by atoms with van der Waals surface area (Å²) in [4.78, 5) is 26.9. The number of anilines is 1. The van der Waals surface area contributed by atoms with Crippen LogP contribution in [0.5, 0.6) is 11.5 Å². The molecule has 2 aromatic rings. The summed E-state index contributed by atoms with van der Waals surface area (Å²) >= 11 is 1.72. The first kappa shape index (κ1) is 16.9. The number of hydrogen-bond donors (Lipinski definition) is 3. The molecule has 0 aliphatic carbocycles. The summed E-state index contributed by atoms with van der Waals surface area (Å²) in [5, 5.41) is 7.12. The zero-order valence-electron chi connectivity index (χ0n) is 14.1. The van der Waals surface area contributed by atoms with Crippen molar-refractivity contribution >= 4 is 29.0 Å². The van der Waals surface area contributed by atoms with E-state index in [0.29, 0.717) is 23.2 Å². The molecule has 1 aromatic heterocycles. The van der Waals surface area contributed by atoms with Gasteiger partial charge in [0.25, 0.3) is 5.91 Å². The second-order valence-electron chi connectivity index (χ2n) is 6.37. The largest absolute Gasteiger partial charge is 0.454 e. The van der Waals surface area contributed by atoms with Crippen LogP contribution in [0.25, 0.3) is 0 Å². The van der Waals surface area contributed by atoms with Crippen molar-refractivity contribution in [2.24, 2.45) is 0 Å². The molecular weight excluding hydrogens is 354 g/mol. The lowest BCUT2D eigenvalue weighted by Crippen LogP contribution is -3.11. The molecule has 8 heteroatoms. The summed E-state index contributed by atoms with van der Waals surface area (Å²) in [6.07, 6.45) is 2.17. The van der Waals surface area contributed by atoms with Crippen LogP contribution >= 0.6 is 11.3 Å². The number of quaternary nitrogens is 1. The number of carbonyl (C=O) groups is 2. The highest BCUT2D eigenvalue weighted by molar-refractivity contribution is 7.10. The highest BCUT2D eigenvalue weighted by atomic mass is 32.1. The van der Waals surface area contributed by atoms with Crippen molar-refractivity contribution in [1.82, 2.24) is 5.32 Å². The number of thiophene rings is 1. The van der Waals surface area contributed by atoms with Gasteiger partial charge in [0.05, 0.1) is 11.4 Å². The normalized spacial score (nSPS) is 20.8. The Labute approximate surface area is 154 Å². The van der Waals surface area contributed by atoms with Gasteiger partial charge in [0.1, 0.15) is 6.04 Å². The molecule has 1 saturated heterocycles. The second kappa shape index (κ2) is 7.35. The monoisotopic (exact) mass is 374 g/mol. The smallest absolute Gasteiger partial charge is 0.326 e. The molecule has 136 valence electrons. The fourth-order valence-corrected chi connectivity index (χ4v) is 4.39. The predicted molar refractivity (Wildman–Crippen MR) is 96.7 cm³/mol. The molecule has 3 heterocycles. The van der Waals surface area contributed by atoms with Gasteiger partial charge in [-0.25, -0.2) is 4.79 Å². The molecule has 0 bridgehead atoms. The quantitative estimate of drug-likeness (QED) is 0.758. The lowest BCUT2D eigenvalue weighted by atomic mass is 10.2. The molecule has 0 radical (unpaired) electrons. The van der Waals surface area contributed by atoms with Crippen LogP contribution in [0.4, 0.5) is 10.5 Å². The van der Waals surface area contributed by atoms with Crippen molar-refractivity contribution in [2.45, 2.75) is 18.9 Å². The summed E-state index contributed by atoms with van der Waals surface area (Å²) in [6.45, 7) is 1.41. The zero-order chi connectivity index (χ0) is 17.9. The van der Waals surface area contributed by atoms with Crippen molar-refractivity contribution in [3.63, 3.8) is 0 Å². The van der Waals surface area contributed by atoms with Crippen LogP contribution < -0.4 is 25.0 Å². The highest BCUT2D eigenvalue weighted by Crippen LogP contribution is 2.34. The predicted octanol–water partition coefficient (Wildman–Crippen LogP) is 1.54. The number of ether oxygens (including phenoxy) is 2. The Balaban J connectivity index is 1.31. The fourth-order valence-electron chi connectivity index (χ4n) is 3.47. The number of imide groups is 1. The molecule has 26 heavy (non-hydrogen) atoms. The van der Waals surface area contributed by atoms with E-state index in [9.17, 15) is 9.59 Å². The van der Waals surface area contributed by atoms with Crippen LogP contribution in [0.15, 0.2) is 35.7 Å². The first-order valence-electron chi connectivity index (χ1n) is 8.57. The van der Waals surface area contributed by atoms with Gasteiger partial charge in [-0.3, -0.25) is 10.1 Å². The number of urea groups is 1. The molecule has 4 rings (SSSR count). The minimum Gasteiger partial charge on any atom is -0.454 e. The van der Waals surface area contributed by atoms with Crippen molar-refractivity contribution in [1.29, 1.82) is 0 Å². The van der Waals surface area contributed by atoms with E-state index in [4.69, 9.17) is 9.47 Å². The van der Waals surface area contributed by atoms with Gasteiger partial charge in [-0.15, -0.1) is 11.3 Å². The van der Waals surface area contributed by atoms with Crippen molar-refractivity contribution < 1.29 is 24.0 Å². The van der Waals surface area contributed by atoms with Gasteiger partial charge in [0, 0.05) is 24.6 Å². The molecule has 3 amide bonds. The SMILES string of the molecule is O=C(C[NH+]1CCC[C@@H]1c1cccs1)NC(=O)Nc1ccc2c(c1)OCO2. The molecule has 1 fully saturated rings. The maximum Gasteiger partial charge on any atom is 0.326 e. The van der Waals surface area contributed by atoms with Gasteiger partial charge >= 0.3 is 6.03 Å². The highest BCUT2D eigenvalue weighted by Gasteiger charge is 2.32. The van der Waals surface area contributed by atoms with Crippen molar-refractivity contribution in [2.75, 3.05) is 25.2 Å². The van der Waals surface area contributed by atoms with E-state index in [1.165, 1.54) is 9.78 Å². The number of amides is 3. The van der Waals surface area contributed by atoms with Gasteiger partial charge < -0.3 is 19.7 Å².